The topological polar surface area (TPSA) is 58.2 Å². The minimum atomic E-state index is -0.446. The van der Waals surface area contributed by atoms with Crippen LogP contribution in [0.5, 0.6) is 0 Å². The molecule has 2 fully saturated rings. The maximum absolute atomic E-state index is 11.9. The predicted molar refractivity (Wildman–Crippen MR) is 69.9 cm³/mol. The van der Waals surface area contributed by atoms with Gasteiger partial charge in [0, 0.05) is 23.6 Å². The van der Waals surface area contributed by atoms with Crippen molar-refractivity contribution in [3.05, 3.63) is 11.8 Å². The second kappa shape index (κ2) is 4.75. The summed E-state index contributed by atoms with van der Waals surface area (Å²) in [5.41, 5.74) is -0.0173. The van der Waals surface area contributed by atoms with E-state index in [1.54, 1.807) is 0 Å². The third kappa shape index (κ3) is 2.74. The molecule has 1 saturated heterocycles. The van der Waals surface area contributed by atoms with E-state index in [1.165, 1.54) is 18.9 Å². The van der Waals surface area contributed by atoms with E-state index in [-0.39, 0.29) is 23.8 Å². The molecule has 4 nitrogen and oxygen atoms in total. The molecule has 1 heterocycles. The Morgan fingerprint density at radius 3 is 2.28 bits per heavy atom. The molecule has 2 N–H and O–H groups in total. The van der Waals surface area contributed by atoms with Gasteiger partial charge < -0.3 is 10.6 Å². The fourth-order valence-corrected chi connectivity index (χ4v) is 2.44. The monoisotopic (exact) mass is 250 g/mol. The van der Waals surface area contributed by atoms with Crippen LogP contribution in [0.15, 0.2) is 11.8 Å². The first kappa shape index (κ1) is 13.1. The van der Waals surface area contributed by atoms with Crippen LogP contribution in [0.3, 0.4) is 0 Å². The summed E-state index contributed by atoms with van der Waals surface area (Å²) in [6.45, 7) is 5.57. The summed E-state index contributed by atoms with van der Waals surface area (Å²) < 4.78 is 0. The van der Waals surface area contributed by atoms with Gasteiger partial charge in [0.1, 0.15) is 5.70 Å². The largest absolute Gasteiger partial charge is 0.376 e. The zero-order valence-electron chi connectivity index (χ0n) is 11.4. The Morgan fingerprint density at radius 1 is 1.17 bits per heavy atom. The summed E-state index contributed by atoms with van der Waals surface area (Å²) in [5.74, 6) is -0.162. The molecular weight excluding hydrogens is 228 g/mol. The van der Waals surface area contributed by atoms with Gasteiger partial charge in [0.05, 0.1) is 0 Å². The SMILES string of the molecule is CC(C)(C)C(=O)/C=C1/N[C@@H]2CCCC[C@H]2NC1=O. The molecule has 0 radical (unpaired) electrons. The number of hydrogen-bond donors (Lipinski definition) is 2. The lowest BCUT2D eigenvalue weighted by atomic mass is 9.87. The molecule has 1 amide bonds. The minimum Gasteiger partial charge on any atom is -0.376 e. The highest BCUT2D eigenvalue weighted by molar-refractivity contribution is 6.03. The third-order valence-corrected chi connectivity index (χ3v) is 3.68. The van der Waals surface area contributed by atoms with Crippen molar-refractivity contribution in [2.45, 2.75) is 58.5 Å². The molecule has 0 aromatic heterocycles. The highest BCUT2D eigenvalue weighted by Crippen LogP contribution is 2.23. The fraction of sp³-hybridized carbons (Fsp3) is 0.714. The number of rotatable bonds is 1. The number of nitrogens with one attached hydrogen (secondary N) is 2. The summed E-state index contributed by atoms with van der Waals surface area (Å²) in [4.78, 5) is 23.9. The first-order valence-corrected chi connectivity index (χ1v) is 6.71. The highest BCUT2D eigenvalue weighted by Gasteiger charge is 2.33. The lowest BCUT2D eigenvalue weighted by Crippen LogP contribution is -2.58. The zero-order valence-corrected chi connectivity index (χ0v) is 11.4. The first-order valence-electron chi connectivity index (χ1n) is 6.71. The summed E-state index contributed by atoms with van der Waals surface area (Å²) >= 11 is 0. The van der Waals surface area contributed by atoms with Crippen LogP contribution in [-0.4, -0.2) is 23.8 Å². The van der Waals surface area contributed by atoms with Crippen molar-refractivity contribution in [3.63, 3.8) is 0 Å². The van der Waals surface area contributed by atoms with Crippen LogP contribution in [0.1, 0.15) is 46.5 Å². The Kier molecular flexibility index (Phi) is 3.46. The van der Waals surface area contributed by atoms with Crippen LogP contribution in [0.25, 0.3) is 0 Å². The number of amides is 1. The van der Waals surface area contributed by atoms with Crippen molar-refractivity contribution >= 4 is 11.7 Å². The predicted octanol–water partition coefficient (Wildman–Crippen LogP) is 1.52. The lowest BCUT2D eigenvalue weighted by molar-refractivity contribution is -0.123. The summed E-state index contributed by atoms with van der Waals surface area (Å²) in [5, 5.41) is 6.24. The van der Waals surface area contributed by atoms with E-state index in [9.17, 15) is 9.59 Å². The van der Waals surface area contributed by atoms with Crippen LogP contribution in [0.4, 0.5) is 0 Å². The molecule has 18 heavy (non-hydrogen) atoms. The molecule has 0 aromatic carbocycles. The van der Waals surface area contributed by atoms with Crippen LogP contribution < -0.4 is 10.6 Å². The second-order valence-electron chi connectivity index (χ2n) is 6.29. The van der Waals surface area contributed by atoms with Crippen molar-refractivity contribution in [2.24, 2.45) is 5.41 Å². The van der Waals surface area contributed by atoms with E-state index in [0.29, 0.717) is 5.70 Å². The van der Waals surface area contributed by atoms with Crippen LogP contribution in [0.2, 0.25) is 0 Å². The average molecular weight is 250 g/mol. The Bertz CT molecular complexity index is 393. The molecule has 100 valence electrons. The quantitative estimate of drug-likeness (QED) is 0.694. The molecular formula is C14H22N2O2. The zero-order chi connectivity index (χ0) is 13.3. The van der Waals surface area contributed by atoms with Crippen molar-refractivity contribution in [1.82, 2.24) is 10.6 Å². The number of allylic oxidation sites excluding steroid dienone is 1. The molecule has 4 heteroatoms. The Balaban J connectivity index is 2.12. The van der Waals surface area contributed by atoms with E-state index in [1.807, 2.05) is 20.8 Å². The van der Waals surface area contributed by atoms with Crippen LogP contribution in [0, 0.1) is 5.41 Å². The summed E-state index contributed by atoms with van der Waals surface area (Å²) in [6, 6.07) is 0.517. The Labute approximate surface area is 108 Å². The number of carbonyl (C=O) groups is 2. The van der Waals surface area contributed by atoms with Gasteiger partial charge in [-0.1, -0.05) is 33.6 Å². The van der Waals surface area contributed by atoms with Crippen molar-refractivity contribution in [2.75, 3.05) is 0 Å². The summed E-state index contributed by atoms with van der Waals surface area (Å²) in [6.07, 6.45) is 5.91. The van der Waals surface area contributed by atoms with Gasteiger partial charge in [-0.05, 0) is 12.8 Å². The van der Waals surface area contributed by atoms with Crippen molar-refractivity contribution in [3.8, 4) is 0 Å². The molecule has 0 spiro atoms. The molecule has 2 atom stereocenters. The van der Waals surface area contributed by atoms with Crippen LogP contribution >= 0.6 is 0 Å². The molecule has 0 aromatic rings. The number of piperazine rings is 1. The van der Waals surface area contributed by atoms with Gasteiger partial charge in [-0.15, -0.1) is 0 Å². The Morgan fingerprint density at radius 2 is 1.72 bits per heavy atom. The Hall–Kier alpha value is -1.32. The van der Waals surface area contributed by atoms with Crippen molar-refractivity contribution < 1.29 is 9.59 Å². The van der Waals surface area contributed by atoms with E-state index in [2.05, 4.69) is 10.6 Å². The normalized spacial score (nSPS) is 30.4. The lowest BCUT2D eigenvalue weighted by Gasteiger charge is -2.38. The number of fused-ring (bicyclic) bond motifs is 1. The molecule has 0 bridgehead atoms. The van der Waals surface area contributed by atoms with E-state index in [4.69, 9.17) is 0 Å². The number of ketones is 1. The van der Waals surface area contributed by atoms with Gasteiger partial charge in [-0.2, -0.15) is 0 Å². The number of hydrogen-bond acceptors (Lipinski definition) is 3. The maximum atomic E-state index is 11.9. The van der Waals surface area contributed by atoms with E-state index < -0.39 is 5.41 Å². The second-order valence-corrected chi connectivity index (χ2v) is 6.29. The summed E-state index contributed by atoms with van der Waals surface area (Å²) in [7, 11) is 0. The molecule has 1 aliphatic heterocycles. The van der Waals surface area contributed by atoms with Gasteiger partial charge in [0.25, 0.3) is 5.91 Å². The van der Waals surface area contributed by atoms with Gasteiger partial charge in [0.15, 0.2) is 5.78 Å². The third-order valence-electron chi connectivity index (χ3n) is 3.68. The van der Waals surface area contributed by atoms with E-state index >= 15 is 0 Å². The molecule has 1 aliphatic carbocycles. The van der Waals surface area contributed by atoms with Gasteiger partial charge in [0.2, 0.25) is 0 Å². The van der Waals surface area contributed by atoms with Gasteiger partial charge in [-0.25, -0.2) is 0 Å². The van der Waals surface area contributed by atoms with E-state index in [0.717, 1.165) is 12.8 Å². The maximum Gasteiger partial charge on any atom is 0.267 e. The average Bonchev–Trinajstić information content (AvgIpc) is 2.28. The van der Waals surface area contributed by atoms with Crippen LogP contribution in [-0.2, 0) is 9.59 Å². The molecule has 2 rings (SSSR count). The smallest absolute Gasteiger partial charge is 0.267 e. The molecule has 1 saturated carbocycles. The number of carbonyl (C=O) groups excluding carboxylic acids is 2. The highest BCUT2D eigenvalue weighted by atomic mass is 16.2. The standard InChI is InChI=1S/C14H22N2O2/c1-14(2,3)12(17)8-11-13(18)16-10-7-5-4-6-9(10)15-11/h8-10,15H,4-7H2,1-3H3,(H,16,18)/b11-8+/t9-,10-/m1/s1. The minimum absolute atomic E-state index is 0.0191. The fourth-order valence-electron chi connectivity index (χ4n) is 2.44. The molecule has 2 aliphatic rings. The van der Waals surface area contributed by atoms with Gasteiger partial charge in [-0.3, -0.25) is 9.59 Å². The first-order chi connectivity index (χ1) is 8.38. The van der Waals surface area contributed by atoms with Crippen molar-refractivity contribution in [1.29, 1.82) is 0 Å². The van der Waals surface area contributed by atoms with Gasteiger partial charge >= 0.3 is 0 Å². The molecule has 0 unspecified atom stereocenters.